The van der Waals surface area contributed by atoms with Crippen molar-refractivity contribution in [3.8, 4) is 17.1 Å². The first-order chi connectivity index (χ1) is 15.7. The highest BCUT2D eigenvalue weighted by molar-refractivity contribution is 6.08. The van der Waals surface area contributed by atoms with Crippen molar-refractivity contribution in [1.82, 2.24) is 15.0 Å². The highest BCUT2D eigenvalue weighted by atomic mass is 19.3. The SMILES string of the molecule is COc1ncc(C(=O)Nc2c(-c3cc(F)ccc3F)cc(C)nc2N2CCC(F)(F)C2)cn1. The lowest BCUT2D eigenvalue weighted by molar-refractivity contribution is 0.0257. The van der Waals surface area contributed by atoms with Gasteiger partial charge in [-0.3, -0.25) is 4.79 Å². The average molecular weight is 461 g/mol. The third-order valence-electron chi connectivity index (χ3n) is 5.13. The van der Waals surface area contributed by atoms with Crippen LogP contribution in [0.4, 0.5) is 29.1 Å². The summed E-state index contributed by atoms with van der Waals surface area (Å²) < 4.78 is 61.4. The highest BCUT2D eigenvalue weighted by Crippen LogP contribution is 2.40. The smallest absolute Gasteiger partial charge is 0.316 e. The van der Waals surface area contributed by atoms with E-state index in [0.29, 0.717) is 5.69 Å². The van der Waals surface area contributed by atoms with E-state index in [1.165, 1.54) is 30.5 Å². The number of hydrogen-bond donors (Lipinski definition) is 1. The summed E-state index contributed by atoms with van der Waals surface area (Å²) in [4.78, 5) is 26.3. The van der Waals surface area contributed by atoms with Crippen molar-refractivity contribution in [2.45, 2.75) is 19.3 Å². The molecule has 1 aromatic carbocycles. The zero-order valence-electron chi connectivity index (χ0n) is 17.7. The van der Waals surface area contributed by atoms with E-state index in [4.69, 9.17) is 4.74 Å². The summed E-state index contributed by atoms with van der Waals surface area (Å²) in [7, 11) is 1.37. The van der Waals surface area contributed by atoms with Gasteiger partial charge in [0.15, 0.2) is 5.82 Å². The molecule has 1 amide bonds. The number of anilines is 2. The lowest BCUT2D eigenvalue weighted by atomic mass is 10.0. The van der Waals surface area contributed by atoms with Gasteiger partial charge in [0.05, 0.1) is 24.9 Å². The molecule has 1 saturated heterocycles. The van der Waals surface area contributed by atoms with Crippen LogP contribution in [0.5, 0.6) is 6.01 Å². The molecule has 0 unspecified atom stereocenters. The summed E-state index contributed by atoms with van der Waals surface area (Å²) in [5.41, 5.74) is 0.356. The molecule has 0 atom stereocenters. The monoisotopic (exact) mass is 461 g/mol. The Hall–Kier alpha value is -3.76. The lowest BCUT2D eigenvalue weighted by Crippen LogP contribution is -2.27. The Balaban J connectivity index is 1.84. The number of aromatic nitrogens is 3. The number of hydrogen-bond acceptors (Lipinski definition) is 6. The Labute approximate surface area is 186 Å². The molecule has 1 N–H and O–H groups in total. The van der Waals surface area contributed by atoms with Gasteiger partial charge in [0.1, 0.15) is 11.6 Å². The normalized spacial score (nSPS) is 14.9. The van der Waals surface area contributed by atoms with Gasteiger partial charge in [0, 0.05) is 42.2 Å². The van der Waals surface area contributed by atoms with E-state index in [-0.39, 0.29) is 40.8 Å². The van der Waals surface area contributed by atoms with Gasteiger partial charge in [-0.05, 0) is 31.2 Å². The summed E-state index contributed by atoms with van der Waals surface area (Å²) in [6, 6.07) is 4.38. The molecule has 0 saturated carbocycles. The van der Waals surface area contributed by atoms with Crippen LogP contribution in [0.3, 0.4) is 0 Å². The molecule has 0 radical (unpaired) electrons. The Morgan fingerprint density at radius 3 is 2.52 bits per heavy atom. The van der Waals surface area contributed by atoms with Crippen LogP contribution in [0.1, 0.15) is 22.5 Å². The third kappa shape index (κ3) is 4.71. The van der Waals surface area contributed by atoms with Crippen molar-refractivity contribution in [2.75, 3.05) is 30.4 Å². The van der Waals surface area contributed by atoms with Crippen molar-refractivity contribution >= 4 is 17.4 Å². The van der Waals surface area contributed by atoms with Gasteiger partial charge in [-0.15, -0.1) is 0 Å². The van der Waals surface area contributed by atoms with Crippen LogP contribution in [0.15, 0.2) is 36.7 Å². The van der Waals surface area contributed by atoms with E-state index < -0.39 is 36.4 Å². The van der Waals surface area contributed by atoms with Gasteiger partial charge in [-0.1, -0.05) is 0 Å². The zero-order chi connectivity index (χ0) is 23.8. The predicted molar refractivity (Wildman–Crippen MR) is 113 cm³/mol. The second-order valence-electron chi connectivity index (χ2n) is 7.57. The van der Waals surface area contributed by atoms with Crippen LogP contribution in [-0.2, 0) is 0 Å². The summed E-state index contributed by atoms with van der Waals surface area (Å²) >= 11 is 0. The Kier molecular flexibility index (Phi) is 5.88. The predicted octanol–water partition coefficient (Wildman–Crippen LogP) is 4.23. The number of rotatable bonds is 5. The van der Waals surface area contributed by atoms with Crippen molar-refractivity contribution in [1.29, 1.82) is 0 Å². The molecule has 7 nitrogen and oxygen atoms in total. The number of methoxy groups -OCH3 is 1. The molecule has 1 aliphatic rings. The number of nitrogens with one attached hydrogen (secondary N) is 1. The number of aryl methyl sites for hydroxylation is 1. The van der Waals surface area contributed by atoms with Gasteiger partial charge < -0.3 is 15.0 Å². The van der Waals surface area contributed by atoms with Gasteiger partial charge >= 0.3 is 6.01 Å². The van der Waals surface area contributed by atoms with Crippen LogP contribution < -0.4 is 15.0 Å². The molecule has 11 heteroatoms. The average Bonchev–Trinajstić information content (AvgIpc) is 3.15. The molecule has 33 heavy (non-hydrogen) atoms. The second-order valence-corrected chi connectivity index (χ2v) is 7.57. The minimum atomic E-state index is -2.94. The van der Waals surface area contributed by atoms with Crippen molar-refractivity contribution in [3.05, 3.63) is 59.6 Å². The first-order valence-electron chi connectivity index (χ1n) is 9.94. The summed E-state index contributed by atoms with van der Waals surface area (Å²) in [6.07, 6.45) is 2.04. The number of pyridine rings is 1. The number of carbonyl (C=O) groups is 1. The standard InChI is InChI=1S/C22H19F4N5O2/c1-12-7-16(15-8-14(23)3-4-17(15)24)18(19(29-12)31-6-5-22(25,26)11-31)30-20(32)13-9-27-21(33-2)28-10-13/h3-4,7-10H,5-6,11H2,1-2H3,(H,30,32). The Bertz CT molecular complexity index is 1200. The lowest BCUT2D eigenvalue weighted by Gasteiger charge is -2.24. The molecule has 3 aromatic rings. The molecule has 0 aliphatic carbocycles. The van der Waals surface area contributed by atoms with Gasteiger partial charge in [0.2, 0.25) is 0 Å². The molecular formula is C22H19F4N5O2. The molecule has 1 fully saturated rings. The van der Waals surface area contributed by atoms with Gasteiger partial charge in [-0.25, -0.2) is 32.5 Å². The van der Waals surface area contributed by atoms with E-state index in [0.717, 1.165) is 18.2 Å². The van der Waals surface area contributed by atoms with Crippen LogP contribution in [-0.4, -0.2) is 47.0 Å². The van der Waals surface area contributed by atoms with Crippen molar-refractivity contribution in [3.63, 3.8) is 0 Å². The van der Waals surface area contributed by atoms with E-state index >= 15 is 0 Å². The molecule has 2 aromatic heterocycles. The number of alkyl halides is 2. The molecule has 172 valence electrons. The fourth-order valence-electron chi connectivity index (χ4n) is 3.57. The van der Waals surface area contributed by atoms with Crippen LogP contribution >= 0.6 is 0 Å². The van der Waals surface area contributed by atoms with E-state index in [9.17, 15) is 22.4 Å². The second kappa shape index (κ2) is 8.64. The largest absolute Gasteiger partial charge is 0.467 e. The number of carbonyl (C=O) groups excluding carboxylic acids is 1. The van der Waals surface area contributed by atoms with Crippen molar-refractivity contribution in [2.24, 2.45) is 0 Å². The van der Waals surface area contributed by atoms with E-state index in [1.807, 2.05) is 0 Å². The number of amides is 1. The maximum atomic E-state index is 14.7. The van der Waals surface area contributed by atoms with Crippen LogP contribution in [0, 0.1) is 18.6 Å². The molecule has 3 heterocycles. The summed E-state index contributed by atoms with van der Waals surface area (Å²) in [5.74, 6) is -5.04. The summed E-state index contributed by atoms with van der Waals surface area (Å²) in [6.45, 7) is 0.952. The van der Waals surface area contributed by atoms with Gasteiger partial charge in [0.25, 0.3) is 11.8 Å². The first kappa shape index (κ1) is 22.4. The molecular weight excluding hydrogens is 442 g/mol. The topological polar surface area (TPSA) is 80.2 Å². The fraction of sp³-hybridized carbons (Fsp3) is 0.273. The third-order valence-corrected chi connectivity index (χ3v) is 5.13. The number of ether oxygens (including phenoxy) is 1. The summed E-state index contributed by atoms with van der Waals surface area (Å²) in [5, 5.41) is 2.61. The van der Waals surface area contributed by atoms with Crippen LogP contribution in [0.2, 0.25) is 0 Å². The Morgan fingerprint density at radius 1 is 1.15 bits per heavy atom. The highest BCUT2D eigenvalue weighted by Gasteiger charge is 2.40. The maximum Gasteiger partial charge on any atom is 0.316 e. The van der Waals surface area contributed by atoms with Crippen LogP contribution in [0.25, 0.3) is 11.1 Å². The van der Waals surface area contributed by atoms with Gasteiger partial charge in [-0.2, -0.15) is 0 Å². The fourth-order valence-corrected chi connectivity index (χ4v) is 3.57. The first-order valence-corrected chi connectivity index (χ1v) is 9.94. The molecule has 1 aliphatic heterocycles. The number of halogens is 4. The van der Waals surface area contributed by atoms with E-state index in [1.54, 1.807) is 6.92 Å². The molecule has 4 rings (SSSR count). The number of nitrogens with zero attached hydrogens (tertiary/aromatic N) is 4. The number of benzene rings is 1. The van der Waals surface area contributed by atoms with E-state index in [2.05, 4.69) is 20.3 Å². The molecule has 0 bridgehead atoms. The minimum Gasteiger partial charge on any atom is -0.467 e. The quantitative estimate of drug-likeness (QED) is 0.573. The maximum absolute atomic E-state index is 14.7. The Morgan fingerprint density at radius 2 is 1.88 bits per heavy atom. The zero-order valence-corrected chi connectivity index (χ0v) is 17.7. The minimum absolute atomic E-state index is 0.0244. The molecule has 0 spiro atoms. The van der Waals surface area contributed by atoms with Crippen molar-refractivity contribution < 1.29 is 27.1 Å².